The average molecular weight is 352 g/mol. The van der Waals surface area contributed by atoms with Crippen LogP contribution in [0.4, 0.5) is 5.69 Å². The van der Waals surface area contributed by atoms with E-state index in [4.69, 9.17) is 9.47 Å². The minimum Gasteiger partial charge on any atom is -0.379 e. The molecule has 0 spiro atoms. The van der Waals surface area contributed by atoms with E-state index in [1.807, 2.05) is 0 Å². The number of nitro groups is 1. The van der Waals surface area contributed by atoms with Crippen molar-refractivity contribution in [2.75, 3.05) is 40.0 Å². The van der Waals surface area contributed by atoms with Crippen LogP contribution < -0.4 is 10.6 Å². The van der Waals surface area contributed by atoms with Crippen molar-refractivity contribution in [2.45, 2.75) is 26.3 Å². The van der Waals surface area contributed by atoms with Gasteiger partial charge in [0.05, 0.1) is 24.7 Å². The fourth-order valence-electron chi connectivity index (χ4n) is 1.95. The number of nitrogens with one attached hydrogen (secondary N) is 2. The Balaban J connectivity index is 2.13. The van der Waals surface area contributed by atoms with Gasteiger partial charge in [-0.2, -0.15) is 0 Å². The Morgan fingerprint density at radius 3 is 2.40 bits per heavy atom. The second-order valence-corrected chi connectivity index (χ2v) is 5.35. The quantitative estimate of drug-likeness (QED) is 0.196. The van der Waals surface area contributed by atoms with Crippen LogP contribution in [0.1, 0.15) is 25.3 Å². The number of rotatable bonds is 12. The van der Waals surface area contributed by atoms with E-state index in [0.29, 0.717) is 38.9 Å². The Labute approximate surface area is 148 Å². The second-order valence-electron chi connectivity index (χ2n) is 5.35. The molecule has 8 nitrogen and oxygen atoms in total. The minimum absolute atomic E-state index is 0.0853. The molecule has 0 amide bonds. The van der Waals surface area contributed by atoms with Crippen LogP contribution in [-0.4, -0.2) is 50.9 Å². The highest BCUT2D eigenvalue weighted by Gasteiger charge is 2.04. The van der Waals surface area contributed by atoms with Crippen LogP contribution >= 0.6 is 0 Å². The zero-order valence-electron chi connectivity index (χ0n) is 15.0. The normalized spacial score (nSPS) is 11.4. The van der Waals surface area contributed by atoms with Gasteiger partial charge >= 0.3 is 0 Å². The van der Waals surface area contributed by atoms with Crippen LogP contribution in [0.25, 0.3) is 0 Å². The van der Waals surface area contributed by atoms with Crippen LogP contribution in [0.15, 0.2) is 29.3 Å². The molecule has 8 heteroatoms. The summed E-state index contributed by atoms with van der Waals surface area (Å²) in [5, 5.41) is 16.9. The van der Waals surface area contributed by atoms with Gasteiger partial charge in [0.2, 0.25) is 0 Å². The van der Waals surface area contributed by atoms with Crippen molar-refractivity contribution in [3.63, 3.8) is 0 Å². The van der Waals surface area contributed by atoms with Crippen molar-refractivity contribution < 1.29 is 14.4 Å². The number of nitro benzene ring substituents is 1. The number of guanidine groups is 1. The van der Waals surface area contributed by atoms with Crippen LogP contribution in [0.2, 0.25) is 0 Å². The SMILES string of the molecule is CCCCOCCOCCNC(=NC)NCc1ccc([N+](=O)[O-])cc1. The zero-order valence-corrected chi connectivity index (χ0v) is 15.0. The Bertz CT molecular complexity index is 520. The number of aliphatic imine (C=N–C) groups is 1. The van der Waals surface area contributed by atoms with E-state index in [-0.39, 0.29) is 5.69 Å². The molecule has 1 aromatic carbocycles. The van der Waals surface area contributed by atoms with Gasteiger partial charge in [0.25, 0.3) is 5.69 Å². The Kier molecular flexibility index (Phi) is 11.0. The van der Waals surface area contributed by atoms with Crippen LogP contribution in [0.3, 0.4) is 0 Å². The third kappa shape index (κ3) is 9.63. The highest BCUT2D eigenvalue weighted by Crippen LogP contribution is 2.11. The molecular formula is C17H28N4O4. The van der Waals surface area contributed by atoms with Gasteiger partial charge in [-0.15, -0.1) is 0 Å². The predicted molar refractivity (Wildman–Crippen MR) is 97.8 cm³/mol. The molecule has 0 saturated carbocycles. The first-order valence-corrected chi connectivity index (χ1v) is 8.50. The molecule has 0 aliphatic rings. The van der Waals surface area contributed by atoms with Gasteiger partial charge in [-0.25, -0.2) is 0 Å². The first kappa shape index (κ1) is 20.9. The summed E-state index contributed by atoms with van der Waals surface area (Å²) in [7, 11) is 1.69. The van der Waals surface area contributed by atoms with Crippen molar-refractivity contribution in [1.29, 1.82) is 0 Å². The van der Waals surface area contributed by atoms with Gasteiger partial charge in [-0.3, -0.25) is 15.1 Å². The lowest BCUT2D eigenvalue weighted by molar-refractivity contribution is -0.384. The van der Waals surface area contributed by atoms with Gasteiger partial charge < -0.3 is 20.1 Å². The largest absolute Gasteiger partial charge is 0.379 e. The molecule has 0 heterocycles. The molecular weight excluding hydrogens is 324 g/mol. The number of benzene rings is 1. The van der Waals surface area contributed by atoms with Crippen molar-refractivity contribution in [3.8, 4) is 0 Å². The summed E-state index contributed by atoms with van der Waals surface area (Å²) in [6, 6.07) is 6.42. The number of nitrogens with zero attached hydrogens (tertiary/aromatic N) is 2. The third-order valence-corrected chi connectivity index (χ3v) is 3.38. The lowest BCUT2D eigenvalue weighted by Gasteiger charge is -2.12. The van der Waals surface area contributed by atoms with E-state index in [2.05, 4.69) is 22.5 Å². The molecule has 0 bridgehead atoms. The molecule has 0 aliphatic heterocycles. The summed E-state index contributed by atoms with van der Waals surface area (Å²) in [4.78, 5) is 14.3. The van der Waals surface area contributed by atoms with Crippen LogP contribution in [0, 0.1) is 10.1 Å². The molecule has 0 aliphatic carbocycles. The summed E-state index contributed by atoms with van der Waals surface area (Å²) in [6.45, 7) is 5.85. The van der Waals surface area contributed by atoms with Gasteiger partial charge in [0, 0.05) is 38.9 Å². The van der Waals surface area contributed by atoms with E-state index in [1.165, 1.54) is 12.1 Å². The highest BCUT2D eigenvalue weighted by atomic mass is 16.6. The Hall–Kier alpha value is -2.19. The topological polar surface area (TPSA) is 98.0 Å². The van der Waals surface area contributed by atoms with Gasteiger partial charge in [-0.1, -0.05) is 25.5 Å². The van der Waals surface area contributed by atoms with E-state index in [1.54, 1.807) is 19.2 Å². The molecule has 2 N–H and O–H groups in total. The molecule has 1 rings (SSSR count). The predicted octanol–water partition coefficient (Wildman–Crippen LogP) is 2.09. The van der Waals surface area contributed by atoms with Crippen molar-refractivity contribution in [3.05, 3.63) is 39.9 Å². The van der Waals surface area contributed by atoms with Crippen molar-refractivity contribution in [1.82, 2.24) is 10.6 Å². The average Bonchev–Trinajstić information content (AvgIpc) is 2.63. The molecule has 0 saturated heterocycles. The van der Waals surface area contributed by atoms with E-state index >= 15 is 0 Å². The lowest BCUT2D eigenvalue weighted by atomic mass is 10.2. The summed E-state index contributed by atoms with van der Waals surface area (Å²) < 4.78 is 10.9. The molecule has 0 atom stereocenters. The summed E-state index contributed by atoms with van der Waals surface area (Å²) in [5.41, 5.74) is 1.02. The summed E-state index contributed by atoms with van der Waals surface area (Å²) in [6.07, 6.45) is 2.22. The highest BCUT2D eigenvalue weighted by molar-refractivity contribution is 5.79. The van der Waals surface area contributed by atoms with Crippen LogP contribution in [-0.2, 0) is 16.0 Å². The maximum absolute atomic E-state index is 10.6. The third-order valence-electron chi connectivity index (χ3n) is 3.38. The van der Waals surface area contributed by atoms with E-state index in [0.717, 1.165) is 25.0 Å². The Morgan fingerprint density at radius 2 is 1.80 bits per heavy atom. The number of hydrogen-bond acceptors (Lipinski definition) is 5. The van der Waals surface area contributed by atoms with Crippen molar-refractivity contribution in [2.24, 2.45) is 4.99 Å². The Morgan fingerprint density at radius 1 is 1.12 bits per heavy atom. The van der Waals surface area contributed by atoms with E-state index < -0.39 is 4.92 Å². The van der Waals surface area contributed by atoms with Gasteiger partial charge in [-0.05, 0) is 12.0 Å². The van der Waals surface area contributed by atoms with Gasteiger partial charge in [0.1, 0.15) is 0 Å². The zero-order chi connectivity index (χ0) is 18.3. The summed E-state index contributed by atoms with van der Waals surface area (Å²) >= 11 is 0. The number of non-ortho nitro benzene ring substituents is 1. The fourth-order valence-corrected chi connectivity index (χ4v) is 1.95. The maximum Gasteiger partial charge on any atom is 0.269 e. The summed E-state index contributed by atoms with van der Waals surface area (Å²) in [5.74, 6) is 0.654. The molecule has 140 valence electrons. The van der Waals surface area contributed by atoms with Crippen LogP contribution in [0.5, 0.6) is 0 Å². The molecule has 0 radical (unpaired) electrons. The lowest BCUT2D eigenvalue weighted by Crippen LogP contribution is -2.38. The molecule has 0 unspecified atom stereocenters. The molecule has 25 heavy (non-hydrogen) atoms. The van der Waals surface area contributed by atoms with Crippen molar-refractivity contribution >= 4 is 11.6 Å². The molecule has 1 aromatic rings. The minimum atomic E-state index is -0.410. The second kappa shape index (κ2) is 13.1. The first-order chi connectivity index (χ1) is 12.2. The number of ether oxygens (including phenoxy) is 2. The molecule has 0 aromatic heterocycles. The smallest absolute Gasteiger partial charge is 0.269 e. The number of hydrogen-bond donors (Lipinski definition) is 2. The first-order valence-electron chi connectivity index (χ1n) is 8.50. The fraction of sp³-hybridized carbons (Fsp3) is 0.588. The standard InChI is InChI=1S/C17H28N4O4/c1-3-4-10-24-12-13-25-11-9-19-17(18-2)20-14-15-5-7-16(8-6-15)21(22)23/h5-8H,3-4,9-14H2,1-2H3,(H2,18,19,20). The number of unbranched alkanes of at least 4 members (excludes halogenated alkanes) is 1. The van der Waals surface area contributed by atoms with Gasteiger partial charge in [0.15, 0.2) is 5.96 Å². The maximum atomic E-state index is 10.6. The molecule has 0 fully saturated rings. The van der Waals surface area contributed by atoms with E-state index in [9.17, 15) is 10.1 Å². The monoisotopic (exact) mass is 352 g/mol.